The molecule has 1 unspecified atom stereocenters. The minimum Gasteiger partial charge on any atom is -0.396 e. The van der Waals surface area contributed by atoms with Gasteiger partial charge in [0.2, 0.25) is 0 Å². The molecule has 3 nitrogen and oxygen atoms in total. The van der Waals surface area contributed by atoms with E-state index in [9.17, 15) is 0 Å². The highest BCUT2D eigenvalue weighted by Gasteiger charge is 2.15. The zero-order valence-corrected chi connectivity index (χ0v) is 6.77. The first-order chi connectivity index (χ1) is 4.62. The fraction of sp³-hybridized carbons (Fsp3) is 0.667. The lowest BCUT2D eigenvalue weighted by molar-refractivity contribution is 0.259. The van der Waals surface area contributed by atoms with Crippen LogP contribution in [0.4, 0.5) is 0 Å². The highest BCUT2D eigenvalue weighted by molar-refractivity contribution is 7.81. The molecule has 0 fully saturated rings. The van der Waals surface area contributed by atoms with Crippen LogP contribution in [0, 0.1) is 0 Å². The molecule has 0 bridgehead atoms. The van der Waals surface area contributed by atoms with Gasteiger partial charge in [-0.25, -0.2) is 0 Å². The summed E-state index contributed by atoms with van der Waals surface area (Å²) in [7, 11) is 0. The second-order valence-corrected chi connectivity index (χ2v) is 2.87. The van der Waals surface area contributed by atoms with Crippen LogP contribution < -0.4 is 11.1 Å². The van der Waals surface area contributed by atoms with Gasteiger partial charge in [0.1, 0.15) is 4.99 Å². The maximum Gasteiger partial charge on any atom is 0.114 e. The molecule has 0 heterocycles. The molecule has 0 aromatic carbocycles. The van der Waals surface area contributed by atoms with Gasteiger partial charge in [0, 0.05) is 19.6 Å². The maximum absolute atomic E-state index is 8.51. The van der Waals surface area contributed by atoms with Gasteiger partial charge in [-0.2, -0.15) is 0 Å². The SMILES string of the molecule is C=CCNC(N)(S)CCO. The molecule has 0 spiro atoms. The van der Waals surface area contributed by atoms with E-state index >= 15 is 0 Å². The van der Waals surface area contributed by atoms with E-state index in [-0.39, 0.29) is 6.61 Å². The van der Waals surface area contributed by atoms with Crippen LogP contribution >= 0.6 is 12.6 Å². The van der Waals surface area contributed by atoms with E-state index in [0.717, 1.165) is 0 Å². The molecule has 4 heteroatoms. The summed E-state index contributed by atoms with van der Waals surface area (Å²) < 4.78 is 0. The molecule has 0 aliphatic heterocycles. The number of rotatable bonds is 5. The predicted molar refractivity (Wildman–Crippen MR) is 45.8 cm³/mol. The molecule has 10 heavy (non-hydrogen) atoms. The average molecular weight is 162 g/mol. The Labute approximate surface area is 66.7 Å². The van der Waals surface area contributed by atoms with Crippen molar-refractivity contribution in [1.82, 2.24) is 5.32 Å². The molecule has 0 radical (unpaired) electrons. The molecular formula is C6H14N2OS. The molecule has 0 saturated carbocycles. The number of aliphatic hydroxyl groups excluding tert-OH is 1. The first kappa shape index (κ1) is 9.97. The van der Waals surface area contributed by atoms with Gasteiger partial charge in [0.15, 0.2) is 0 Å². The summed E-state index contributed by atoms with van der Waals surface area (Å²) in [4.78, 5) is -0.775. The van der Waals surface area contributed by atoms with Crippen molar-refractivity contribution in [2.24, 2.45) is 5.73 Å². The third-order valence-electron chi connectivity index (χ3n) is 1.05. The van der Waals surface area contributed by atoms with E-state index in [1.54, 1.807) is 6.08 Å². The van der Waals surface area contributed by atoms with E-state index in [2.05, 4.69) is 24.5 Å². The smallest absolute Gasteiger partial charge is 0.114 e. The summed E-state index contributed by atoms with van der Waals surface area (Å²) in [5.41, 5.74) is 5.56. The minimum absolute atomic E-state index is 0.0319. The molecule has 0 aliphatic rings. The standard InChI is InChI=1S/C6H14N2OS/c1-2-4-8-6(7,10)3-5-9/h2,8-10H,1,3-5,7H2. The summed E-state index contributed by atoms with van der Waals surface area (Å²) in [6.45, 7) is 4.14. The molecule has 0 rings (SSSR count). The minimum atomic E-state index is -0.775. The van der Waals surface area contributed by atoms with Gasteiger partial charge in [0.05, 0.1) is 0 Å². The summed E-state index contributed by atoms with van der Waals surface area (Å²) in [6, 6.07) is 0. The van der Waals surface area contributed by atoms with Crippen LogP contribution in [-0.4, -0.2) is 23.3 Å². The van der Waals surface area contributed by atoms with Crippen molar-refractivity contribution in [3.05, 3.63) is 12.7 Å². The highest BCUT2D eigenvalue weighted by atomic mass is 32.1. The van der Waals surface area contributed by atoms with Crippen LogP contribution in [0.1, 0.15) is 6.42 Å². The second-order valence-electron chi connectivity index (χ2n) is 2.07. The number of nitrogens with two attached hydrogens (primary N) is 1. The van der Waals surface area contributed by atoms with Gasteiger partial charge in [-0.1, -0.05) is 6.08 Å². The van der Waals surface area contributed by atoms with Crippen molar-refractivity contribution >= 4 is 12.6 Å². The van der Waals surface area contributed by atoms with E-state index < -0.39 is 4.99 Å². The lowest BCUT2D eigenvalue weighted by atomic mass is 10.3. The number of thiol groups is 1. The Kier molecular flexibility index (Phi) is 4.72. The molecule has 0 saturated heterocycles. The fourth-order valence-electron chi connectivity index (χ4n) is 0.508. The number of hydrogen-bond donors (Lipinski definition) is 4. The largest absolute Gasteiger partial charge is 0.396 e. The Morgan fingerprint density at radius 3 is 2.80 bits per heavy atom. The highest BCUT2D eigenvalue weighted by Crippen LogP contribution is 2.05. The normalized spacial score (nSPS) is 16.3. The molecule has 0 aromatic rings. The van der Waals surface area contributed by atoms with Crippen LogP contribution in [0.5, 0.6) is 0 Å². The molecule has 0 aromatic heterocycles. The third-order valence-corrected chi connectivity index (χ3v) is 1.43. The maximum atomic E-state index is 8.51. The average Bonchev–Trinajstić information content (AvgIpc) is 1.84. The Morgan fingerprint density at radius 2 is 2.40 bits per heavy atom. The van der Waals surface area contributed by atoms with Gasteiger partial charge < -0.3 is 10.8 Å². The number of nitrogens with one attached hydrogen (secondary N) is 1. The van der Waals surface area contributed by atoms with Gasteiger partial charge in [0.25, 0.3) is 0 Å². The van der Waals surface area contributed by atoms with Crippen LogP contribution in [0.3, 0.4) is 0 Å². The lowest BCUT2D eigenvalue weighted by Gasteiger charge is -2.22. The number of hydrogen-bond acceptors (Lipinski definition) is 4. The van der Waals surface area contributed by atoms with Gasteiger partial charge in [-0.15, -0.1) is 19.2 Å². The van der Waals surface area contributed by atoms with Crippen LogP contribution in [0.25, 0.3) is 0 Å². The number of aliphatic hydroxyl groups is 1. The molecular weight excluding hydrogens is 148 g/mol. The molecule has 0 amide bonds. The van der Waals surface area contributed by atoms with Crippen LogP contribution in [0.15, 0.2) is 12.7 Å². The van der Waals surface area contributed by atoms with Gasteiger partial charge >= 0.3 is 0 Å². The monoisotopic (exact) mass is 162 g/mol. The van der Waals surface area contributed by atoms with Crippen molar-refractivity contribution in [2.45, 2.75) is 11.4 Å². The Balaban J connectivity index is 3.51. The summed E-state index contributed by atoms with van der Waals surface area (Å²) in [5, 5.41) is 11.4. The zero-order chi connectivity index (χ0) is 8.04. The van der Waals surface area contributed by atoms with Crippen molar-refractivity contribution < 1.29 is 5.11 Å². The van der Waals surface area contributed by atoms with Crippen molar-refractivity contribution in [3.8, 4) is 0 Å². The molecule has 60 valence electrons. The van der Waals surface area contributed by atoms with E-state index in [0.29, 0.717) is 13.0 Å². The van der Waals surface area contributed by atoms with Crippen LogP contribution in [-0.2, 0) is 0 Å². The quantitative estimate of drug-likeness (QED) is 0.255. The first-order valence-corrected chi connectivity index (χ1v) is 3.55. The summed E-state index contributed by atoms with van der Waals surface area (Å²) >= 11 is 4.06. The van der Waals surface area contributed by atoms with Gasteiger partial charge in [-0.05, 0) is 0 Å². The van der Waals surface area contributed by atoms with Gasteiger partial charge in [-0.3, -0.25) is 5.32 Å². The first-order valence-electron chi connectivity index (χ1n) is 3.10. The predicted octanol–water partition coefficient (Wildman–Crippen LogP) is -0.313. The lowest BCUT2D eigenvalue weighted by Crippen LogP contribution is -2.49. The van der Waals surface area contributed by atoms with E-state index in [1.807, 2.05) is 0 Å². The zero-order valence-electron chi connectivity index (χ0n) is 5.88. The Hall–Kier alpha value is -0.0300. The Bertz CT molecular complexity index is 106. The van der Waals surface area contributed by atoms with Crippen LogP contribution in [0.2, 0.25) is 0 Å². The molecule has 0 aliphatic carbocycles. The van der Waals surface area contributed by atoms with E-state index in [4.69, 9.17) is 10.8 Å². The third kappa shape index (κ3) is 4.81. The van der Waals surface area contributed by atoms with Crippen molar-refractivity contribution in [1.29, 1.82) is 0 Å². The molecule has 4 N–H and O–H groups in total. The van der Waals surface area contributed by atoms with Crippen molar-refractivity contribution in [3.63, 3.8) is 0 Å². The van der Waals surface area contributed by atoms with E-state index in [1.165, 1.54) is 0 Å². The Morgan fingerprint density at radius 1 is 1.80 bits per heavy atom. The van der Waals surface area contributed by atoms with Crippen molar-refractivity contribution in [2.75, 3.05) is 13.2 Å². The molecule has 1 atom stereocenters. The fourth-order valence-corrected chi connectivity index (χ4v) is 0.699. The second kappa shape index (κ2) is 4.73. The topological polar surface area (TPSA) is 58.3 Å². The summed E-state index contributed by atoms with van der Waals surface area (Å²) in [5.74, 6) is 0. The summed E-state index contributed by atoms with van der Waals surface area (Å²) in [6.07, 6.45) is 2.11.